The second-order valence-electron chi connectivity index (χ2n) is 16.2. The molecule has 0 aromatic carbocycles. The number of amides is 1. The second kappa shape index (κ2) is 13.6. The highest BCUT2D eigenvalue weighted by Gasteiger charge is 2.41. The van der Waals surface area contributed by atoms with E-state index in [1.54, 1.807) is 30.4 Å². The van der Waals surface area contributed by atoms with Gasteiger partial charge in [0.1, 0.15) is 23.0 Å². The first-order valence-corrected chi connectivity index (χ1v) is 18.9. The molecule has 3 N–H and O–H groups in total. The van der Waals surface area contributed by atoms with E-state index >= 15 is 0 Å². The van der Waals surface area contributed by atoms with Gasteiger partial charge < -0.3 is 34.5 Å². The van der Waals surface area contributed by atoms with Gasteiger partial charge in [-0.25, -0.2) is 9.97 Å². The Morgan fingerprint density at radius 3 is 2.55 bits per heavy atom. The number of nitrogens with zero attached hydrogens (tertiary/aromatic N) is 7. The van der Waals surface area contributed by atoms with Crippen LogP contribution in [0.2, 0.25) is 0 Å². The highest BCUT2D eigenvalue weighted by molar-refractivity contribution is 6.10. The quantitative estimate of drug-likeness (QED) is 0.229. The van der Waals surface area contributed by atoms with Gasteiger partial charge in [-0.15, -0.1) is 0 Å². The zero-order valence-electron chi connectivity index (χ0n) is 31.6. The summed E-state index contributed by atoms with van der Waals surface area (Å²) >= 11 is 0. The lowest BCUT2D eigenvalue weighted by Crippen LogP contribution is -2.59. The van der Waals surface area contributed by atoms with E-state index < -0.39 is 0 Å². The molecule has 53 heavy (non-hydrogen) atoms. The fourth-order valence-corrected chi connectivity index (χ4v) is 8.64. The number of nitrogens with one attached hydrogen (secondary N) is 2. The van der Waals surface area contributed by atoms with E-state index in [4.69, 9.17) is 4.74 Å². The largest absolute Gasteiger partial charge is 0.392 e. The number of pyridine rings is 3. The fourth-order valence-electron chi connectivity index (χ4n) is 8.64. The van der Waals surface area contributed by atoms with Crippen molar-refractivity contribution >= 4 is 34.6 Å². The van der Waals surface area contributed by atoms with E-state index in [0.29, 0.717) is 64.9 Å². The highest BCUT2D eigenvalue weighted by atomic mass is 16.5. The third-order valence-electron chi connectivity index (χ3n) is 11.3. The van der Waals surface area contributed by atoms with Gasteiger partial charge in [-0.3, -0.25) is 19.4 Å². The Bertz CT molecular complexity index is 2100. The van der Waals surface area contributed by atoms with Gasteiger partial charge in [-0.1, -0.05) is 13.8 Å². The predicted octanol–water partition coefficient (Wildman–Crippen LogP) is 4.39. The molecule has 2 fully saturated rings. The number of aliphatic hydroxyl groups is 1. The number of carbonyl (C=O) groups is 1. The number of piperazine rings is 1. The van der Waals surface area contributed by atoms with Crippen LogP contribution in [0.1, 0.15) is 61.9 Å². The topological polar surface area (TPSA) is 133 Å². The maximum Gasteiger partial charge on any atom is 0.278 e. The number of fused-ring (bicyclic) bond motifs is 3. The van der Waals surface area contributed by atoms with E-state index in [-0.39, 0.29) is 29.5 Å². The summed E-state index contributed by atoms with van der Waals surface area (Å²) in [7, 11) is 1.71. The molecule has 0 spiro atoms. The van der Waals surface area contributed by atoms with Crippen LogP contribution in [0.25, 0.3) is 11.1 Å². The van der Waals surface area contributed by atoms with E-state index in [9.17, 15) is 14.7 Å². The molecule has 0 radical (unpaired) electrons. The lowest BCUT2D eigenvalue weighted by Gasteiger charge is -2.46. The first-order chi connectivity index (χ1) is 25.4. The Balaban J connectivity index is 1.06. The SMILES string of the molecule is CC(C)Nc1c2c(n3c1C(=O)N(c1nccc(-c4cc(Nc5ccc(N6CCN(C7COC7)C[C@@H]6C)cn5)c(=O)n(C)c4)c1CO)CC3)CC(C)(C)C2. The molecule has 4 aliphatic rings. The van der Waals surface area contributed by atoms with Gasteiger partial charge in [0.2, 0.25) is 0 Å². The van der Waals surface area contributed by atoms with Crippen molar-refractivity contribution < 1.29 is 14.6 Å². The third-order valence-corrected chi connectivity index (χ3v) is 11.3. The molecule has 0 unspecified atom stereocenters. The molecule has 0 saturated carbocycles. The summed E-state index contributed by atoms with van der Waals surface area (Å²) in [5, 5.41) is 17.7. The third kappa shape index (κ3) is 6.38. The molecule has 1 aliphatic carbocycles. The molecule has 13 nitrogen and oxygen atoms in total. The van der Waals surface area contributed by atoms with E-state index in [1.807, 2.05) is 24.4 Å². The van der Waals surface area contributed by atoms with Crippen molar-refractivity contribution in [3.8, 4) is 11.1 Å². The molecular weight excluding hydrogens is 670 g/mol. The van der Waals surface area contributed by atoms with Crippen LogP contribution in [0.5, 0.6) is 0 Å². The fraction of sp³-hybridized carbons (Fsp3) is 0.500. The number of ether oxygens (including phenoxy) is 1. The molecule has 3 aliphatic heterocycles. The summed E-state index contributed by atoms with van der Waals surface area (Å²) in [5.74, 6) is 0.851. The van der Waals surface area contributed by atoms with Crippen LogP contribution < -0.4 is 26.0 Å². The Labute approximate surface area is 310 Å². The first kappa shape index (κ1) is 35.3. The molecule has 1 amide bonds. The minimum absolute atomic E-state index is 0.132. The average Bonchev–Trinajstić information content (AvgIpc) is 3.56. The molecule has 4 aromatic heterocycles. The lowest BCUT2D eigenvalue weighted by atomic mass is 9.90. The number of aliphatic hydroxyl groups excluding tert-OH is 1. The summed E-state index contributed by atoms with van der Waals surface area (Å²) in [6.45, 7) is 16.3. The zero-order chi connectivity index (χ0) is 37.2. The number of hydrogen-bond acceptors (Lipinski definition) is 10. The maximum atomic E-state index is 14.4. The monoisotopic (exact) mass is 721 g/mol. The summed E-state index contributed by atoms with van der Waals surface area (Å²) in [6.07, 6.45) is 7.11. The van der Waals surface area contributed by atoms with Gasteiger partial charge in [0.25, 0.3) is 11.5 Å². The molecular formula is C40H51N9O4. The van der Waals surface area contributed by atoms with Crippen molar-refractivity contribution in [1.82, 2.24) is 24.0 Å². The van der Waals surface area contributed by atoms with Crippen molar-refractivity contribution in [1.29, 1.82) is 0 Å². The molecule has 0 bridgehead atoms. The minimum atomic E-state index is -0.333. The molecule has 8 rings (SSSR count). The van der Waals surface area contributed by atoms with Crippen molar-refractivity contribution in [3.05, 3.63) is 75.7 Å². The number of hydrogen-bond donors (Lipinski definition) is 3. The van der Waals surface area contributed by atoms with Crippen molar-refractivity contribution in [2.45, 2.75) is 78.7 Å². The van der Waals surface area contributed by atoms with Gasteiger partial charge >= 0.3 is 0 Å². The Morgan fingerprint density at radius 1 is 1.06 bits per heavy atom. The van der Waals surface area contributed by atoms with Gasteiger partial charge in [0, 0.05) is 81.1 Å². The van der Waals surface area contributed by atoms with Gasteiger partial charge in [0.05, 0.1) is 43.4 Å². The number of anilines is 5. The molecule has 7 heterocycles. The van der Waals surface area contributed by atoms with E-state index in [2.05, 4.69) is 69.6 Å². The number of carbonyl (C=O) groups excluding carboxylic acids is 1. The van der Waals surface area contributed by atoms with Crippen LogP contribution >= 0.6 is 0 Å². The average molecular weight is 722 g/mol. The van der Waals surface area contributed by atoms with Crippen LogP contribution in [-0.2, 0) is 37.8 Å². The lowest BCUT2D eigenvalue weighted by molar-refractivity contribution is -0.0691. The number of rotatable bonds is 9. The number of aryl methyl sites for hydroxylation is 1. The van der Waals surface area contributed by atoms with Crippen molar-refractivity contribution in [2.24, 2.45) is 12.5 Å². The second-order valence-corrected chi connectivity index (χ2v) is 16.2. The Kier molecular flexibility index (Phi) is 9.06. The van der Waals surface area contributed by atoms with Crippen LogP contribution in [0.15, 0.2) is 47.7 Å². The smallest absolute Gasteiger partial charge is 0.278 e. The molecule has 1 atom stereocenters. The van der Waals surface area contributed by atoms with Crippen molar-refractivity contribution in [2.75, 3.05) is 59.8 Å². The predicted molar refractivity (Wildman–Crippen MR) is 207 cm³/mol. The molecule has 13 heteroatoms. The van der Waals surface area contributed by atoms with Gasteiger partial charge in [0.15, 0.2) is 0 Å². The Morgan fingerprint density at radius 2 is 1.87 bits per heavy atom. The summed E-state index contributed by atoms with van der Waals surface area (Å²) in [6, 6.07) is 8.59. The summed E-state index contributed by atoms with van der Waals surface area (Å²) in [5.41, 5.74) is 7.32. The normalized spacial score (nSPS) is 20.1. The van der Waals surface area contributed by atoms with Crippen LogP contribution in [0.3, 0.4) is 0 Å². The van der Waals surface area contributed by atoms with Gasteiger partial charge in [-0.2, -0.15) is 0 Å². The van der Waals surface area contributed by atoms with Gasteiger partial charge in [-0.05, 0) is 74.4 Å². The van der Waals surface area contributed by atoms with Crippen LogP contribution in [-0.4, -0.2) is 92.5 Å². The molecule has 2 saturated heterocycles. The summed E-state index contributed by atoms with van der Waals surface area (Å²) in [4.78, 5) is 43.8. The van der Waals surface area contributed by atoms with E-state index in [1.165, 1.54) is 15.8 Å². The molecule has 4 aromatic rings. The van der Waals surface area contributed by atoms with Crippen LogP contribution in [0, 0.1) is 5.41 Å². The Hall–Kier alpha value is -4.72. The zero-order valence-corrected chi connectivity index (χ0v) is 31.6. The first-order valence-electron chi connectivity index (χ1n) is 18.9. The van der Waals surface area contributed by atoms with Crippen molar-refractivity contribution in [3.63, 3.8) is 0 Å². The molecule has 280 valence electrons. The maximum absolute atomic E-state index is 14.4. The standard InChI is InChI=1S/C40H51N9O4/c1-24(2)43-35-30-16-40(4,5)17-33(30)48-13-14-49(39(52)36(35)48)37-31(21-50)29(9-10-41-37)26-15-32(38(51)45(6)20-26)44-34-8-7-27(18-42-34)47-12-11-46(19-25(47)3)28-22-53-23-28/h7-10,15,18,20,24-25,28,43,50H,11-14,16-17,19,21-23H2,1-6H3,(H,42,44)/t25-/m0/s1. The van der Waals surface area contributed by atoms with Crippen LogP contribution in [0.4, 0.5) is 28.7 Å². The summed E-state index contributed by atoms with van der Waals surface area (Å²) < 4.78 is 9.13. The minimum Gasteiger partial charge on any atom is -0.392 e. The van der Waals surface area contributed by atoms with E-state index in [0.717, 1.165) is 57.1 Å². The highest BCUT2D eigenvalue weighted by Crippen LogP contribution is 2.45. The number of aromatic nitrogens is 4.